The molecule has 1 aromatic heterocycles. The maximum Gasteiger partial charge on any atom is 0.274 e. The standard InChI is InChI=1S/C18H26N4O3/c1-11(2)25-17-9-19-16(8-20-17)18(24)22-5-4-13(10-22)14-6-15(7-14)21-12(3)23/h8-9,11,13-15H,4-7,10H2,1-3H3,(H,21,23). The first kappa shape index (κ1) is 17.6. The molecule has 25 heavy (non-hydrogen) atoms. The van der Waals surface area contributed by atoms with Crippen molar-refractivity contribution < 1.29 is 14.3 Å². The zero-order chi connectivity index (χ0) is 18.0. The van der Waals surface area contributed by atoms with Gasteiger partial charge in [0.1, 0.15) is 5.69 Å². The van der Waals surface area contributed by atoms with Crippen LogP contribution in [0.15, 0.2) is 12.4 Å². The molecule has 2 fully saturated rings. The van der Waals surface area contributed by atoms with Gasteiger partial charge in [-0.2, -0.15) is 0 Å². The highest BCUT2D eigenvalue weighted by atomic mass is 16.5. The van der Waals surface area contributed by atoms with Crippen LogP contribution in [-0.2, 0) is 4.79 Å². The summed E-state index contributed by atoms with van der Waals surface area (Å²) in [4.78, 5) is 33.9. The molecule has 1 atom stereocenters. The molecule has 3 rings (SSSR count). The number of ether oxygens (including phenoxy) is 1. The molecular weight excluding hydrogens is 320 g/mol. The number of likely N-dealkylation sites (tertiary alicyclic amines) is 1. The Morgan fingerprint density at radius 3 is 2.60 bits per heavy atom. The second-order valence-electron chi connectivity index (χ2n) is 7.34. The third-order valence-corrected chi connectivity index (χ3v) is 4.96. The number of amides is 2. The number of hydrogen-bond donors (Lipinski definition) is 1. The van der Waals surface area contributed by atoms with Crippen molar-refractivity contribution in [1.82, 2.24) is 20.2 Å². The quantitative estimate of drug-likeness (QED) is 0.876. The first-order valence-corrected chi connectivity index (χ1v) is 8.97. The van der Waals surface area contributed by atoms with Gasteiger partial charge in [-0.3, -0.25) is 9.59 Å². The Kier molecular flexibility index (Phi) is 5.20. The molecule has 1 saturated heterocycles. The van der Waals surface area contributed by atoms with Crippen LogP contribution in [0.4, 0.5) is 0 Å². The summed E-state index contributed by atoms with van der Waals surface area (Å²) in [6.07, 6.45) is 6.08. The summed E-state index contributed by atoms with van der Waals surface area (Å²) in [5.74, 6) is 1.52. The number of carbonyl (C=O) groups is 2. The molecule has 0 spiro atoms. The SMILES string of the molecule is CC(=O)NC1CC(C2CCN(C(=O)c3cnc(OC(C)C)cn3)C2)C1. The Labute approximate surface area is 148 Å². The van der Waals surface area contributed by atoms with Crippen LogP contribution in [0.5, 0.6) is 5.88 Å². The molecule has 2 amide bonds. The van der Waals surface area contributed by atoms with Crippen LogP contribution >= 0.6 is 0 Å². The first-order chi connectivity index (χ1) is 11.9. The van der Waals surface area contributed by atoms with Crippen molar-refractivity contribution in [3.05, 3.63) is 18.1 Å². The number of hydrogen-bond acceptors (Lipinski definition) is 5. The maximum atomic E-state index is 12.6. The van der Waals surface area contributed by atoms with Gasteiger partial charge >= 0.3 is 0 Å². The minimum Gasteiger partial charge on any atom is -0.474 e. The van der Waals surface area contributed by atoms with Crippen molar-refractivity contribution in [3.8, 4) is 5.88 Å². The van der Waals surface area contributed by atoms with Crippen molar-refractivity contribution in [2.75, 3.05) is 13.1 Å². The van der Waals surface area contributed by atoms with Crippen molar-refractivity contribution in [1.29, 1.82) is 0 Å². The van der Waals surface area contributed by atoms with Crippen LogP contribution in [0.3, 0.4) is 0 Å². The van der Waals surface area contributed by atoms with E-state index in [1.54, 1.807) is 6.92 Å². The summed E-state index contributed by atoms with van der Waals surface area (Å²) >= 11 is 0. The highest BCUT2D eigenvalue weighted by Crippen LogP contribution is 2.38. The number of nitrogens with one attached hydrogen (secondary N) is 1. The normalized spacial score (nSPS) is 25.6. The van der Waals surface area contributed by atoms with E-state index in [0.717, 1.165) is 32.4 Å². The lowest BCUT2D eigenvalue weighted by Crippen LogP contribution is -2.46. The lowest BCUT2D eigenvalue weighted by molar-refractivity contribution is -0.120. The van der Waals surface area contributed by atoms with Crippen LogP contribution in [0, 0.1) is 11.8 Å². The van der Waals surface area contributed by atoms with E-state index in [-0.39, 0.29) is 17.9 Å². The fraction of sp³-hybridized carbons (Fsp3) is 0.667. The molecule has 1 aliphatic heterocycles. The van der Waals surface area contributed by atoms with Gasteiger partial charge in [0.05, 0.1) is 18.5 Å². The predicted molar refractivity (Wildman–Crippen MR) is 92.1 cm³/mol. The molecule has 0 bridgehead atoms. The molecule has 2 aliphatic rings. The minimum atomic E-state index is -0.0659. The smallest absolute Gasteiger partial charge is 0.274 e. The number of carbonyl (C=O) groups excluding carboxylic acids is 2. The van der Waals surface area contributed by atoms with Crippen LogP contribution < -0.4 is 10.1 Å². The molecule has 1 aliphatic carbocycles. The van der Waals surface area contributed by atoms with Gasteiger partial charge in [0.25, 0.3) is 5.91 Å². The third kappa shape index (κ3) is 4.27. The molecule has 1 aromatic rings. The van der Waals surface area contributed by atoms with Crippen molar-refractivity contribution >= 4 is 11.8 Å². The predicted octanol–water partition coefficient (Wildman–Crippen LogP) is 1.64. The number of rotatable bonds is 5. The summed E-state index contributed by atoms with van der Waals surface area (Å²) in [5.41, 5.74) is 0.362. The fourth-order valence-electron chi connectivity index (χ4n) is 3.70. The molecule has 1 saturated carbocycles. The average Bonchev–Trinajstić information content (AvgIpc) is 2.99. The van der Waals surface area contributed by atoms with Gasteiger partial charge in [-0.05, 0) is 44.9 Å². The molecule has 1 N–H and O–H groups in total. The summed E-state index contributed by atoms with van der Waals surface area (Å²) in [7, 11) is 0. The summed E-state index contributed by atoms with van der Waals surface area (Å²) in [5, 5.41) is 2.96. The van der Waals surface area contributed by atoms with Gasteiger partial charge in [-0.1, -0.05) is 0 Å². The Hall–Kier alpha value is -2.18. The van der Waals surface area contributed by atoms with Crippen LogP contribution in [0.1, 0.15) is 50.5 Å². The topological polar surface area (TPSA) is 84.4 Å². The van der Waals surface area contributed by atoms with Gasteiger partial charge in [-0.15, -0.1) is 0 Å². The largest absolute Gasteiger partial charge is 0.474 e. The Bertz CT molecular complexity index is 626. The molecule has 7 nitrogen and oxygen atoms in total. The van der Waals surface area contributed by atoms with Gasteiger partial charge in [0, 0.05) is 26.1 Å². The maximum absolute atomic E-state index is 12.6. The van der Waals surface area contributed by atoms with Crippen LogP contribution in [-0.4, -0.2) is 51.9 Å². The number of nitrogens with zero attached hydrogens (tertiary/aromatic N) is 3. The second kappa shape index (κ2) is 7.37. The Morgan fingerprint density at radius 2 is 2.00 bits per heavy atom. The summed E-state index contributed by atoms with van der Waals surface area (Å²) < 4.78 is 5.45. The van der Waals surface area contributed by atoms with Gasteiger partial charge < -0.3 is 15.0 Å². The highest BCUT2D eigenvalue weighted by Gasteiger charge is 2.39. The molecule has 1 unspecified atom stereocenters. The zero-order valence-electron chi connectivity index (χ0n) is 15.1. The Balaban J connectivity index is 1.50. The molecule has 0 aromatic carbocycles. The fourth-order valence-corrected chi connectivity index (χ4v) is 3.70. The molecule has 136 valence electrons. The van der Waals surface area contributed by atoms with E-state index in [9.17, 15) is 9.59 Å². The summed E-state index contributed by atoms with van der Waals surface area (Å²) in [6, 6.07) is 0.312. The molecule has 2 heterocycles. The second-order valence-corrected chi connectivity index (χ2v) is 7.34. The van der Waals surface area contributed by atoms with Gasteiger partial charge in [-0.25, -0.2) is 9.97 Å². The van der Waals surface area contributed by atoms with Crippen molar-refractivity contribution in [2.45, 2.75) is 52.2 Å². The van der Waals surface area contributed by atoms with E-state index in [0.29, 0.717) is 29.5 Å². The van der Waals surface area contributed by atoms with Gasteiger partial charge in [0.15, 0.2) is 0 Å². The minimum absolute atomic E-state index is 0.0268. The lowest BCUT2D eigenvalue weighted by Gasteiger charge is -2.39. The number of aromatic nitrogens is 2. The molecule has 0 radical (unpaired) electrons. The van der Waals surface area contributed by atoms with Crippen LogP contribution in [0.25, 0.3) is 0 Å². The van der Waals surface area contributed by atoms with E-state index in [4.69, 9.17) is 4.74 Å². The lowest BCUT2D eigenvalue weighted by atomic mass is 9.72. The Morgan fingerprint density at radius 1 is 1.24 bits per heavy atom. The van der Waals surface area contributed by atoms with E-state index >= 15 is 0 Å². The van der Waals surface area contributed by atoms with Crippen LogP contribution in [0.2, 0.25) is 0 Å². The molecule has 7 heteroatoms. The monoisotopic (exact) mass is 346 g/mol. The van der Waals surface area contributed by atoms with E-state index in [2.05, 4.69) is 15.3 Å². The van der Waals surface area contributed by atoms with Crippen molar-refractivity contribution in [3.63, 3.8) is 0 Å². The van der Waals surface area contributed by atoms with E-state index in [1.807, 2.05) is 18.7 Å². The first-order valence-electron chi connectivity index (χ1n) is 8.97. The zero-order valence-corrected chi connectivity index (χ0v) is 15.1. The van der Waals surface area contributed by atoms with Gasteiger partial charge in [0.2, 0.25) is 11.8 Å². The summed E-state index contributed by atoms with van der Waals surface area (Å²) in [6.45, 7) is 6.92. The van der Waals surface area contributed by atoms with E-state index in [1.165, 1.54) is 12.4 Å². The molecular formula is C18H26N4O3. The average molecular weight is 346 g/mol. The highest BCUT2D eigenvalue weighted by molar-refractivity contribution is 5.92. The van der Waals surface area contributed by atoms with Crippen molar-refractivity contribution in [2.24, 2.45) is 11.8 Å². The van der Waals surface area contributed by atoms with E-state index < -0.39 is 0 Å². The third-order valence-electron chi connectivity index (χ3n) is 4.96.